The van der Waals surface area contributed by atoms with Crippen LogP contribution in [0.15, 0.2) is 60.7 Å². The van der Waals surface area contributed by atoms with Gasteiger partial charge in [0.15, 0.2) is 11.5 Å². The van der Waals surface area contributed by atoms with Crippen LogP contribution in [-0.4, -0.2) is 38.7 Å². The number of aryl methyl sites for hydroxylation is 1. The fourth-order valence-electron chi connectivity index (χ4n) is 4.90. The van der Waals surface area contributed by atoms with Gasteiger partial charge in [0.05, 0.1) is 11.7 Å². The zero-order valence-corrected chi connectivity index (χ0v) is 20.8. The molecule has 1 amide bonds. The van der Waals surface area contributed by atoms with Gasteiger partial charge in [-0.2, -0.15) is 0 Å². The first-order chi connectivity index (χ1) is 16.6. The molecule has 0 spiro atoms. The van der Waals surface area contributed by atoms with Crippen molar-refractivity contribution in [2.45, 2.75) is 31.2 Å². The van der Waals surface area contributed by atoms with Crippen molar-refractivity contribution in [2.75, 3.05) is 20.1 Å². The highest BCUT2D eigenvalue weighted by Gasteiger charge is 2.61. The normalized spacial score (nSPS) is 20.7. The molecule has 0 radical (unpaired) electrons. The number of carbonyl (C=O) groups is 1. The van der Waals surface area contributed by atoms with E-state index in [0.29, 0.717) is 24.5 Å². The molecule has 8 heteroatoms. The van der Waals surface area contributed by atoms with Gasteiger partial charge in [-0.3, -0.25) is 4.79 Å². The zero-order valence-electron chi connectivity index (χ0n) is 19.9. The Kier molecular flexibility index (Phi) is 5.61. The van der Waals surface area contributed by atoms with Crippen molar-refractivity contribution in [3.8, 4) is 22.6 Å². The molecule has 1 heterocycles. The van der Waals surface area contributed by atoms with E-state index in [1.807, 2.05) is 42.5 Å². The van der Waals surface area contributed by atoms with Crippen molar-refractivity contribution in [2.24, 2.45) is 5.73 Å². The Bertz CT molecular complexity index is 1420. The van der Waals surface area contributed by atoms with Gasteiger partial charge < -0.3 is 15.2 Å². The predicted molar refractivity (Wildman–Crippen MR) is 134 cm³/mol. The standard InChI is InChI=1S/C27H28N2O5S/c1-17-4-7-20(12-22(17)19-8-5-18(6-9-19)15-29(2)35(3,31)32)23-14-27(23,26(28)30)21-10-11-24-25(13-21)34-16-33-24/h4-13,23H,14-16H2,1-3H3,(H2,28,30). The Hall–Kier alpha value is -3.36. The number of fused-ring (bicyclic) bond motifs is 1. The van der Waals surface area contributed by atoms with Crippen LogP contribution in [0.1, 0.15) is 34.6 Å². The van der Waals surface area contributed by atoms with Crippen molar-refractivity contribution in [1.82, 2.24) is 4.31 Å². The molecule has 0 bridgehead atoms. The van der Waals surface area contributed by atoms with Gasteiger partial charge in [0.1, 0.15) is 0 Å². The number of primary amides is 1. The maximum Gasteiger partial charge on any atom is 0.231 e. The van der Waals surface area contributed by atoms with Crippen molar-refractivity contribution >= 4 is 15.9 Å². The Morgan fingerprint density at radius 3 is 2.46 bits per heavy atom. The van der Waals surface area contributed by atoms with Crippen LogP contribution in [-0.2, 0) is 26.8 Å². The first kappa shape index (κ1) is 23.4. The number of benzene rings is 3. The molecular formula is C27H28N2O5S. The van der Waals surface area contributed by atoms with Crippen molar-refractivity contribution in [3.63, 3.8) is 0 Å². The highest BCUT2D eigenvalue weighted by atomic mass is 32.2. The molecule has 3 aromatic carbocycles. The molecule has 35 heavy (non-hydrogen) atoms. The van der Waals surface area contributed by atoms with Gasteiger partial charge in [-0.15, -0.1) is 0 Å². The average Bonchev–Trinajstić information content (AvgIpc) is 3.41. The summed E-state index contributed by atoms with van der Waals surface area (Å²) in [5.41, 5.74) is 11.2. The summed E-state index contributed by atoms with van der Waals surface area (Å²) < 4.78 is 35.7. The lowest BCUT2D eigenvalue weighted by molar-refractivity contribution is -0.120. The molecule has 1 saturated carbocycles. The van der Waals surface area contributed by atoms with Crippen molar-refractivity contribution < 1.29 is 22.7 Å². The van der Waals surface area contributed by atoms with E-state index in [1.54, 1.807) is 7.05 Å². The first-order valence-corrected chi connectivity index (χ1v) is 13.3. The Morgan fingerprint density at radius 2 is 1.77 bits per heavy atom. The minimum Gasteiger partial charge on any atom is -0.454 e. The van der Waals surface area contributed by atoms with Gasteiger partial charge in [0.2, 0.25) is 22.7 Å². The maximum atomic E-state index is 12.7. The van der Waals surface area contributed by atoms with Gasteiger partial charge in [-0.1, -0.05) is 48.5 Å². The van der Waals surface area contributed by atoms with E-state index >= 15 is 0 Å². The van der Waals surface area contributed by atoms with Gasteiger partial charge in [-0.25, -0.2) is 12.7 Å². The largest absolute Gasteiger partial charge is 0.454 e. The number of sulfonamides is 1. The van der Waals surface area contributed by atoms with Crippen molar-refractivity contribution in [1.29, 1.82) is 0 Å². The van der Waals surface area contributed by atoms with Crippen LogP contribution in [0.4, 0.5) is 0 Å². The summed E-state index contributed by atoms with van der Waals surface area (Å²) in [6.07, 6.45) is 1.84. The second kappa shape index (κ2) is 8.39. The summed E-state index contributed by atoms with van der Waals surface area (Å²) >= 11 is 0. The Labute approximate surface area is 205 Å². The third-order valence-corrected chi connectivity index (χ3v) is 8.45. The van der Waals surface area contributed by atoms with Crippen LogP contribution >= 0.6 is 0 Å². The van der Waals surface area contributed by atoms with Gasteiger partial charge in [0, 0.05) is 19.5 Å². The van der Waals surface area contributed by atoms with Crippen molar-refractivity contribution in [3.05, 3.63) is 82.9 Å². The van der Waals surface area contributed by atoms with Crippen LogP contribution in [0.5, 0.6) is 11.5 Å². The molecule has 182 valence electrons. The smallest absolute Gasteiger partial charge is 0.231 e. The van der Waals surface area contributed by atoms with Crippen LogP contribution in [0.2, 0.25) is 0 Å². The minimum absolute atomic E-state index is 0.0256. The highest BCUT2D eigenvalue weighted by molar-refractivity contribution is 7.88. The molecule has 0 aromatic heterocycles. The number of amides is 1. The maximum absolute atomic E-state index is 12.7. The number of nitrogens with two attached hydrogens (primary N) is 1. The number of rotatable bonds is 7. The first-order valence-electron chi connectivity index (χ1n) is 11.4. The number of carbonyl (C=O) groups excluding carboxylic acids is 1. The number of ether oxygens (including phenoxy) is 2. The second-order valence-electron chi connectivity index (χ2n) is 9.45. The minimum atomic E-state index is -3.24. The van der Waals surface area contributed by atoms with E-state index < -0.39 is 15.4 Å². The molecule has 2 unspecified atom stereocenters. The number of hydrogen-bond acceptors (Lipinski definition) is 5. The molecule has 2 atom stereocenters. The van der Waals surface area contributed by atoms with Gasteiger partial charge in [0.25, 0.3) is 0 Å². The quantitative estimate of drug-likeness (QED) is 0.542. The van der Waals surface area contributed by atoms with E-state index in [1.165, 1.54) is 10.6 Å². The lowest BCUT2D eigenvalue weighted by atomic mass is 9.88. The summed E-state index contributed by atoms with van der Waals surface area (Å²) in [4.78, 5) is 12.7. The summed E-state index contributed by atoms with van der Waals surface area (Å²) in [5, 5.41) is 0. The molecule has 1 aliphatic carbocycles. The predicted octanol–water partition coefficient (Wildman–Crippen LogP) is 3.69. The third-order valence-electron chi connectivity index (χ3n) is 7.19. The van der Waals surface area contributed by atoms with E-state index in [9.17, 15) is 13.2 Å². The van der Waals surface area contributed by atoms with Crippen LogP contribution in [0, 0.1) is 6.92 Å². The highest BCUT2D eigenvalue weighted by Crippen LogP contribution is 2.61. The summed E-state index contributed by atoms with van der Waals surface area (Å²) in [6, 6.07) is 19.8. The van der Waals surface area contributed by atoms with Crippen LogP contribution in [0.3, 0.4) is 0 Å². The SMILES string of the molecule is Cc1ccc(C2CC2(C(N)=O)c2ccc3c(c2)OCO3)cc1-c1ccc(CN(C)S(C)(=O)=O)cc1. The monoisotopic (exact) mass is 492 g/mol. The zero-order chi connectivity index (χ0) is 25.0. The van der Waals surface area contributed by atoms with Gasteiger partial charge >= 0.3 is 0 Å². The molecular weight excluding hydrogens is 464 g/mol. The summed E-state index contributed by atoms with van der Waals surface area (Å²) in [5.74, 6) is 0.944. The number of nitrogens with zero attached hydrogens (tertiary/aromatic N) is 1. The van der Waals surface area contributed by atoms with E-state index in [-0.39, 0.29) is 18.6 Å². The van der Waals surface area contributed by atoms with Gasteiger partial charge in [-0.05, 0) is 58.9 Å². The Balaban J connectivity index is 1.43. The van der Waals surface area contributed by atoms with E-state index in [0.717, 1.165) is 33.4 Å². The lowest BCUT2D eigenvalue weighted by Gasteiger charge is -2.17. The third kappa shape index (κ3) is 4.17. The van der Waals surface area contributed by atoms with E-state index in [4.69, 9.17) is 15.2 Å². The molecule has 3 aromatic rings. The summed E-state index contributed by atoms with van der Waals surface area (Å²) in [6.45, 7) is 2.55. The lowest BCUT2D eigenvalue weighted by Crippen LogP contribution is -2.30. The van der Waals surface area contributed by atoms with Crippen LogP contribution in [0.25, 0.3) is 11.1 Å². The van der Waals surface area contributed by atoms with E-state index in [2.05, 4.69) is 25.1 Å². The molecule has 2 N–H and O–H groups in total. The average molecular weight is 493 g/mol. The Morgan fingerprint density at radius 1 is 1.06 bits per heavy atom. The molecule has 0 saturated heterocycles. The topological polar surface area (TPSA) is 98.9 Å². The molecule has 5 rings (SSSR count). The molecule has 1 fully saturated rings. The fraction of sp³-hybridized carbons (Fsp3) is 0.296. The molecule has 2 aliphatic rings. The molecule has 1 aliphatic heterocycles. The number of hydrogen-bond donors (Lipinski definition) is 1. The van der Waals surface area contributed by atoms with Crippen LogP contribution < -0.4 is 15.2 Å². The fourth-order valence-corrected chi connectivity index (χ4v) is 5.29. The summed E-state index contributed by atoms with van der Waals surface area (Å²) in [7, 11) is -1.67. The second-order valence-corrected chi connectivity index (χ2v) is 11.5. The molecule has 7 nitrogen and oxygen atoms in total.